The fourth-order valence-electron chi connectivity index (χ4n) is 1.86. The molecule has 1 rings (SSSR count). The van der Waals surface area contributed by atoms with Crippen molar-refractivity contribution in [2.75, 3.05) is 13.7 Å². The lowest BCUT2D eigenvalue weighted by Gasteiger charge is -2.11. The number of rotatable bonds is 5. The molecule has 0 fully saturated rings. The lowest BCUT2D eigenvalue weighted by molar-refractivity contribution is -0.144. The fraction of sp³-hybridized carbons (Fsp3) is 0.500. The van der Waals surface area contributed by atoms with E-state index < -0.39 is 0 Å². The molecule has 100 valence electrons. The highest BCUT2D eigenvalue weighted by atomic mass is 19.1. The molecule has 4 heteroatoms. The average molecular weight is 253 g/mol. The minimum atomic E-state index is -0.228. The fourth-order valence-corrected chi connectivity index (χ4v) is 1.86. The molecule has 0 aliphatic heterocycles. The molecule has 0 aliphatic rings. The summed E-state index contributed by atoms with van der Waals surface area (Å²) in [6, 6.07) is 3.64. The van der Waals surface area contributed by atoms with Gasteiger partial charge in [-0.15, -0.1) is 0 Å². The predicted molar refractivity (Wildman–Crippen MR) is 68.8 cm³/mol. The van der Waals surface area contributed by atoms with Crippen LogP contribution in [0.15, 0.2) is 12.1 Å². The van der Waals surface area contributed by atoms with Gasteiger partial charge in [-0.05, 0) is 30.5 Å². The van der Waals surface area contributed by atoms with Crippen molar-refractivity contribution in [1.82, 2.24) is 5.32 Å². The van der Waals surface area contributed by atoms with Crippen LogP contribution in [-0.2, 0) is 16.1 Å². The van der Waals surface area contributed by atoms with E-state index >= 15 is 0 Å². The van der Waals surface area contributed by atoms with Crippen molar-refractivity contribution in [3.63, 3.8) is 0 Å². The van der Waals surface area contributed by atoms with Gasteiger partial charge in [-0.1, -0.05) is 19.1 Å². The molecular formula is C14H20FNO2. The number of benzene rings is 1. The van der Waals surface area contributed by atoms with Gasteiger partial charge in [0.2, 0.25) is 0 Å². The van der Waals surface area contributed by atoms with Crippen LogP contribution < -0.4 is 5.32 Å². The molecule has 0 spiro atoms. The van der Waals surface area contributed by atoms with Gasteiger partial charge in [0, 0.05) is 13.1 Å². The maximum absolute atomic E-state index is 13.4. The van der Waals surface area contributed by atoms with Crippen LogP contribution in [0.2, 0.25) is 0 Å². The third-order valence-corrected chi connectivity index (χ3v) is 2.88. The summed E-state index contributed by atoms with van der Waals surface area (Å²) in [6.07, 6.45) is 0. The van der Waals surface area contributed by atoms with Crippen LogP contribution in [0.25, 0.3) is 0 Å². The van der Waals surface area contributed by atoms with Crippen LogP contribution in [0, 0.1) is 25.6 Å². The van der Waals surface area contributed by atoms with Crippen molar-refractivity contribution in [2.45, 2.75) is 27.3 Å². The Morgan fingerprint density at radius 1 is 1.39 bits per heavy atom. The van der Waals surface area contributed by atoms with Gasteiger partial charge in [-0.2, -0.15) is 0 Å². The topological polar surface area (TPSA) is 38.3 Å². The zero-order valence-corrected chi connectivity index (χ0v) is 11.3. The summed E-state index contributed by atoms with van der Waals surface area (Å²) < 4.78 is 18.1. The first kappa shape index (κ1) is 14.6. The van der Waals surface area contributed by atoms with E-state index in [0.29, 0.717) is 24.2 Å². The highest BCUT2D eigenvalue weighted by Gasteiger charge is 2.12. The molecule has 0 aromatic heterocycles. The number of carbonyl (C=O) groups is 1. The van der Waals surface area contributed by atoms with Gasteiger partial charge in [0.15, 0.2) is 0 Å². The summed E-state index contributed by atoms with van der Waals surface area (Å²) in [5, 5.41) is 3.17. The zero-order chi connectivity index (χ0) is 13.7. The molecule has 0 saturated carbocycles. The summed E-state index contributed by atoms with van der Waals surface area (Å²) in [7, 11) is 1.38. The molecule has 1 aromatic carbocycles. The van der Waals surface area contributed by atoms with E-state index in [1.54, 1.807) is 20.8 Å². The van der Waals surface area contributed by atoms with E-state index in [4.69, 9.17) is 0 Å². The van der Waals surface area contributed by atoms with Gasteiger partial charge in [0.1, 0.15) is 5.82 Å². The maximum Gasteiger partial charge on any atom is 0.309 e. The number of aryl methyl sites for hydroxylation is 2. The van der Waals surface area contributed by atoms with Crippen molar-refractivity contribution in [2.24, 2.45) is 5.92 Å². The number of ether oxygens (including phenoxy) is 1. The Labute approximate surface area is 107 Å². The van der Waals surface area contributed by atoms with Crippen molar-refractivity contribution in [3.05, 3.63) is 34.6 Å². The number of nitrogens with one attached hydrogen (secondary N) is 1. The molecule has 0 aliphatic carbocycles. The molecule has 1 aromatic rings. The van der Waals surface area contributed by atoms with E-state index in [0.717, 1.165) is 5.56 Å². The van der Waals surface area contributed by atoms with Crippen molar-refractivity contribution >= 4 is 5.97 Å². The Balaban J connectivity index is 2.52. The third kappa shape index (κ3) is 3.81. The summed E-state index contributed by atoms with van der Waals surface area (Å²) in [4.78, 5) is 11.2. The van der Waals surface area contributed by atoms with Crippen molar-refractivity contribution in [1.29, 1.82) is 0 Å². The van der Waals surface area contributed by atoms with Crippen LogP contribution in [0.3, 0.4) is 0 Å². The average Bonchev–Trinajstić information content (AvgIpc) is 2.34. The molecule has 0 radical (unpaired) electrons. The highest BCUT2D eigenvalue weighted by molar-refractivity contribution is 5.72. The summed E-state index contributed by atoms with van der Waals surface area (Å²) >= 11 is 0. The standard InChI is InChI=1S/C14H20FNO2/c1-9-5-12(6-10(2)13(9)15)8-16-7-11(3)14(17)18-4/h5-6,11,16H,7-8H2,1-4H3. The molecule has 1 N–H and O–H groups in total. The number of hydrogen-bond acceptors (Lipinski definition) is 3. The van der Waals surface area contributed by atoms with Crippen LogP contribution in [0.1, 0.15) is 23.6 Å². The second-order valence-corrected chi connectivity index (χ2v) is 4.60. The third-order valence-electron chi connectivity index (χ3n) is 2.88. The smallest absolute Gasteiger partial charge is 0.309 e. The van der Waals surface area contributed by atoms with Gasteiger partial charge in [-0.25, -0.2) is 4.39 Å². The number of methoxy groups -OCH3 is 1. The van der Waals surface area contributed by atoms with Crippen LogP contribution in [0.4, 0.5) is 4.39 Å². The van der Waals surface area contributed by atoms with Gasteiger partial charge in [-0.3, -0.25) is 4.79 Å². The molecule has 0 heterocycles. The van der Waals surface area contributed by atoms with Gasteiger partial charge in [0.05, 0.1) is 13.0 Å². The number of carbonyl (C=O) groups excluding carboxylic acids is 1. The molecule has 3 nitrogen and oxygen atoms in total. The Morgan fingerprint density at radius 3 is 2.44 bits per heavy atom. The van der Waals surface area contributed by atoms with Crippen LogP contribution in [-0.4, -0.2) is 19.6 Å². The predicted octanol–water partition coefficient (Wildman–Crippen LogP) is 2.34. The lowest BCUT2D eigenvalue weighted by Crippen LogP contribution is -2.27. The first-order chi connectivity index (χ1) is 8.45. The van der Waals surface area contributed by atoms with E-state index in [1.165, 1.54) is 7.11 Å². The Kier molecular flexibility index (Phi) is 5.28. The lowest BCUT2D eigenvalue weighted by atomic mass is 10.1. The number of halogens is 1. The number of esters is 1. The molecule has 0 amide bonds. The largest absolute Gasteiger partial charge is 0.469 e. The first-order valence-electron chi connectivity index (χ1n) is 6.00. The summed E-state index contributed by atoms with van der Waals surface area (Å²) in [5.41, 5.74) is 2.31. The van der Waals surface area contributed by atoms with Crippen molar-refractivity contribution < 1.29 is 13.9 Å². The summed E-state index contributed by atoms with van der Waals surface area (Å²) in [5.74, 6) is -0.562. The van der Waals surface area contributed by atoms with E-state index in [-0.39, 0.29) is 17.7 Å². The van der Waals surface area contributed by atoms with E-state index in [1.807, 2.05) is 12.1 Å². The van der Waals surface area contributed by atoms with Crippen LogP contribution >= 0.6 is 0 Å². The van der Waals surface area contributed by atoms with E-state index in [2.05, 4.69) is 10.1 Å². The minimum absolute atomic E-state index is 0.151. The van der Waals surface area contributed by atoms with Crippen LogP contribution in [0.5, 0.6) is 0 Å². The quantitative estimate of drug-likeness (QED) is 0.819. The molecule has 18 heavy (non-hydrogen) atoms. The van der Waals surface area contributed by atoms with E-state index in [9.17, 15) is 9.18 Å². The molecular weight excluding hydrogens is 233 g/mol. The Morgan fingerprint density at radius 2 is 1.94 bits per heavy atom. The van der Waals surface area contributed by atoms with Gasteiger partial charge >= 0.3 is 5.97 Å². The van der Waals surface area contributed by atoms with Gasteiger partial charge < -0.3 is 10.1 Å². The Bertz CT molecular complexity index is 409. The van der Waals surface area contributed by atoms with Gasteiger partial charge in [0.25, 0.3) is 0 Å². The SMILES string of the molecule is COC(=O)C(C)CNCc1cc(C)c(F)c(C)c1. The molecule has 0 saturated heterocycles. The second-order valence-electron chi connectivity index (χ2n) is 4.60. The highest BCUT2D eigenvalue weighted by Crippen LogP contribution is 2.14. The minimum Gasteiger partial charge on any atom is -0.469 e. The molecule has 0 bridgehead atoms. The van der Waals surface area contributed by atoms with Crippen molar-refractivity contribution in [3.8, 4) is 0 Å². The Hall–Kier alpha value is -1.42. The monoisotopic (exact) mass is 253 g/mol. The normalized spacial score (nSPS) is 12.3. The maximum atomic E-state index is 13.4. The number of hydrogen-bond donors (Lipinski definition) is 1. The molecule has 1 unspecified atom stereocenters. The molecule has 1 atom stereocenters. The zero-order valence-electron chi connectivity index (χ0n) is 11.3. The second kappa shape index (κ2) is 6.50. The first-order valence-corrected chi connectivity index (χ1v) is 6.00. The summed E-state index contributed by atoms with van der Waals surface area (Å²) in [6.45, 7) is 6.47.